The zero-order valence-corrected chi connectivity index (χ0v) is 16.4. The second-order valence-corrected chi connectivity index (χ2v) is 8.11. The minimum absolute atomic E-state index is 0.0193. The molecule has 0 aromatic heterocycles. The molecule has 0 aliphatic heterocycles. The van der Waals surface area contributed by atoms with E-state index in [1.54, 1.807) is 6.08 Å². The van der Waals surface area contributed by atoms with E-state index in [9.17, 15) is 4.79 Å². The summed E-state index contributed by atoms with van der Waals surface area (Å²) in [4.78, 5) is 12.6. The van der Waals surface area contributed by atoms with Crippen LogP contribution in [0.4, 0.5) is 0 Å². The van der Waals surface area contributed by atoms with E-state index in [2.05, 4.69) is 37.3 Å². The molecule has 3 nitrogen and oxygen atoms in total. The first kappa shape index (κ1) is 19.7. The van der Waals surface area contributed by atoms with Gasteiger partial charge in [-0.3, -0.25) is 4.79 Å². The molecular weight excluding hydrogens is 334 g/mol. The maximum Gasteiger partial charge on any atom is 0.309 e. The van der Waals surface area contributed by atoms with Crippen LogP contribution in [0, 0.1) is 23.2 Å². The third-order valence-corrected chi connectivity index (χ3v) is 6.36. The van der Waals surface area contributed by atoms with Gasteiger partial charge in [0.2, 0.25) is 0 Å². The molecule has 0 N–H and O–H groups in total. The van der Waals surface area contributed by atoms with Gasteiger partial charge in [0.15, 0.2) is 0 Å². The summed E-state index contributed by atoms with van der Waals surface area (Å²) in [5, 5.41) is 8.62. The average molecular weight is 366 g/mol. The fourth-order valence-electron chi connectivity index (χ4n) is 4.53. The van der Waals surface area contributed by atoms with Crippen LogP contribution < -0.4 is 0 Å². The van der Waals surface area contributed by atoms with Crippen LogP contribution >= 0.6 is 0 Å². The number of esters is 1. The monoisotopic (exact) mass is 365 g/mol. The molecule has 1 aromatic rings. The number of rotatable bonds is 5. The van der Waals surface area contributed by atoms with Crippen LogP contribution in [0.15, 0.2) is 36.4 Å². The summed E-state index contributed by atoms with van der Waals surface area (Å²) >= 11 is 0. The van der Waals surface area contributed by atoms with E-state index in [-0.39, 0.29) is 18.0 Å². The Kier molecular flexibility index (Phi) is 7.10. The van der Waals surface area contributed by atoms with Gasteiger partial charge in [0.05, 0.1) is 12.0 Å². The van der Waals surface area contributed by atoms with Gasteiger partial charge in [-0.25, -0.2) is 0 Å². The molecule has 2 aliphatic rings. The van der Waals surface area contributed by atoms with Crippen molar-refractivity contribution in [3.8, 4) is 6.07 Å². The maximum absolute atomic E-state index is 12.6. The third kappa shape index (κ3) is 5.45. The van der Waals surface area contributed by atoms with Crippen LogP contribution in [0.3, 0.4) is 0 Å². The summed E-state index contributed by atoms with van der Waals surface area (Å²) < 4.78 is 5.83. The summed E-state index contributed by atoms with van der Waals surface area (Å²) in [6.45, 7) is 2.18. The maximum atomic E-state index is 12.6. The predicted molar refractivity (Wildman–Crippen MR) is 107 cm³/mol. The second-order valence-electron chi connectivity index (χ2n) is 8.11. The van der Waals surface area contributed by atoms with Crippen molar-refractivity contribution in [3.63, 3.8) is 0 Å². The van der Waals surface area contributed by atoms with E-state index in [4.69, 9.17) is 10.00 Å². The Morgan fingerprint density at radius 3 is 2.33 bits per heavy atom. The summed E-state index contributed by atoms with van der Waals surface area (Å²) in [6, 6.07) is 11.1. The van der Waals surface area contributed by atoms with E-state index in [0.717, 1.165) is 57.8 Å². The number of nitrogens with zero attached hydrogens (tertiary/aromatic N) is 1. The number of nitriles is 1. The molecule has 2 fully saturated rings. The highest BCUT2D eigenvalue weighted by atomic mass is 16.5. The molecule has 0 heterocycles. The Bertz CT molecular complexity index is 669. The smallest absolute Gasteiger partial charge is 0.309 e. The van der Waals surface area contributed by atoms with Crippen molar-refractivity contribution >= 4 is 5.97 Å². The summed E-state index contributed by atoms with van der Waals surface area (Å²) in [6.07, 6.45) is 12.6. The SMILES string of the molecule is CCc1ccc(C2CCC(C(=O)OC3CCC(/C=C/C#N)CC3)CC2)cc1. The number of ether oxygens (including phenoxy) is 1. The zero-order valence-electron chi connectivity index (χ0n) is 16.4. The molecule has 2 aliphatic carbocycles. The molecule has 0 bridgehead atoms. The Labute approximate surface area is 163 Å². The summed E-state index contributed by atoms with van der Waals surface area (Å²) in [5.41, 5.74) is 2.80. The lowest BCUT2D eigenvalue weighted by atomic mass is 9.78. The third-order valence-electron chi connectivity index (χ3n) is 6.36. The van der Waals surface area contributed by atoms with E-state index < -0.39 is 0 Å². The highest BCUT2D eigenvalue weighted by Crippen LogP contribution is 2.37. The lowest BCUT2D eigenvalue weighted by Crippen LogP contribution is -2.29. The fraction of sp³-hybridized carbons (Fsp3) is 0.583. The second kappa shape index (κ2) is 9.74. The van der Waals surface area contributed by atoms with Crippen molar-refractivity contribution in [2.75, 3.05) is 0 Å². The largest absolute Gasteiger partial charge is 0.462 e. The first-order valence-corrected chi connectivity index (χ1v) is 10.5. The number of carbonyl (C=O) groups excluding carboxylic acids is 1. The first-order valence-electron chi connectivity index (χ1n) is 10.5. The molecule has 27 heavy (non-hydrogen) atoms. The van der Waals surface area contributed by atoms with Gasteiger partial charge in [-0.15, -0.1) is 0 Å². The molecular formula is C24H31NO2. The molecule has 0 spiro atoms. The molecule has 3 rings (SSSR count). The minimum atomic E-state index is 0.0193. The van der Waals surface area contributed by atoms with Crippen LogP contribution in [0.2, 0.25) is 0 Å². The lowest BCUT2D eigenvalue weighted by Gasteiger charge is -2.31. The average Bonchev–Trinajstić information content (AvgIpc) is 2.73. The van der Waals surface area contributed by atoms with Gasteiger partial charge in [0.1, 0.15) is 6.10 Å². The Balaban J connectivity index is 1.42. The van der Waals surface area contributed by atoms with E-state index >= 15 is 0 Å². The van der Waals surface area contributed by atoms with Gasteiger partial charge in [0.25, 0.3) is 0 Å². The standard InChI is InChI=1S/C24H31NO2/c1-2-18-5-9-20(10-6-18)21-11-13-22(14-12-21)24(26)27-23-15-7-19(8-16-23)4-3-17-25/h3-6,9-10,19,21-23H,2,7-8,11-16H2,1H3/b4-3+. The van der Waals surface area contributed by atoms with Gasteiger partial charge in [-0.2, -0.15) is 5.26 Å². The van der Waals surface area contributed by atoms with Crippen molar-refractivity contribution in [1.29, 1.82) is 5.26 Å². The number of hydrogen-bond acceptors (Lipinski definition) is 3. The van der Waals surface area contributed by atoms with Gasteiger partial charge in [-0.05, 0) is 80.8 Å². The van der Waals surface area contributed by atoms with Crippen LogP contribution in [0.25, 0.3) is 0 Å². The van der Waals surface area contributed by atoms with Crippen molar-refractivity contribution in [1.82, 2.24) is 0 Å². The number of benzene rings is 1. The molecule has 144 valence electrons. The quantitative estimate of drug-likeness (QED) is 0.496. The Morgan fingerprint density at radius 1 is 1.07 bits per heavy atom. The summed E-state index contributed by atoms with van der Waals surface area (Å²) in [5.74, 6) is 1.15. The molecule has 0 radical (unpaired) electrons. The van der Waals surface area contributed by atoms with E-state index in [1.807, 2.05) is 6.08 Å². The van der Waals surface area contributed by atoms with Gasteiger partial charge < -0.3 is 4.74 Å². The molecule has 0 atom stereocenters. The van der Waals surface area contributed by atoms with Gasteiger partial charge in [-0.1, -0.05) is 37.3 Å². The first-order chi connectivity index (χ1) is 13.2. The van der Waals surface area contributed by atoms with Crippen molar-refractivity contribution in [3.05, 3.63) is 47.5 Å². The molecule has 0 amide bonds. The topological polar surface area (TPSA) is 50.1 Å². The Morgan fingerprint density at radius 2 is 1.74 bits per heavy atom. The minimum Gasteiger partial charge on any atom is -0.462 e. The fourth-order valence-corrected chi connectivity index (χ4v) is 4.53. The van der Waals surface area contributed by atoms with Crippen molar-refractivity contribution in [2.45, 2.75) is 76.7 Å². The van der Waals surface area contributed by atoms with Crippen LogP contribution in [0.5, 0.6) is 0 Å². The lowest BCUT2D eigenvalue weighted by molar-refractivity contribution is -0.157. The number of carbonyl (C=O) groups is 1. The molecule has 0 saturated heterocycles. The highest BCUT2D eigenvalue weighted by Gasteiger charge is 2.30. The highest BCUT2D eigenvalue weighted by molar-refractivity contribution is 5.72. The predicted octanol–water partition coefficient (Wildman–Crippen LogP) is 5.70. The van der Waals surface area contributed by atoms with Gasteiger partial charge >= 0.3 is 5.97 Å². The zero-order chi connectivity index (χ0) is 19.1. The van der Waals surface area contributed by atoms with Gasteiger partial charge in [0, 0.05) is 6.08 Å². The number of allylic oxidation sites excluding steroid dienone is 2. The normalized spacial score (nSPS) is 28.6. The number of aryl methyl sites for hydroxylation is 1. The summed E-state index contributed by atoms with van der Waals surface area (Å²) in [7, 11) is 0. The molecule has 2 saturated carbocycles. The van der Waals surface area contributed by atoms with E-state index in [1.165, 1.54) is 11.1 Å². The van der Waals surface area contributed by atoms with Crippen LogP contribution in [-0.2, 0) is 16.0 Å². The van der Waals surface area contributed by atoms with Crippen LogP contribution in [-0.4, -0.2) is 12.1 Å². The molecule has 1 aromatic carbocycles. The van der Waals surface area contributed by atoms with E-state index in [0.29, 0.717) is 11.8 Å². The van der Waals surface area contributed by atoms with Crippen molar-refractivity contribution in [2.24, 2.45) is 11.8 Å². The molecule has 3 heteroatoms. The van der Waals surface area contributed by atoms with Crippen molar-refractivity contribution < 1.29 is 9.53 Å². The molecule has 0 unspecified atom stereocenters. The Hall–Kier alpha value is -2.08. The van der Waals surface area contributed by atoms with Crippen LogP contribution in [0.1, 0.15) is 75.3 Å². The number of hydrogen-bond donors (Lipinski definition) is 0.